The molecule has 0 unspecified atom stereocenters. The quantitative estimate of drug-likeness (QED) is 0.407. The van der Waals surface area contributed by atoms with E-state index in [1.807, 2.05) is 0 Å². The predicted octanol–water partition coefficient (Wildman–Crippen LogP) is 3.03. The number of aryl methyl sites for hydroxylation is 1. The number of aromatic amines is 1. The fourth-order valence-electron chi connectivity index (χ4n) is 3.01. The number of carbonyl (C=O) groups is 2. The first-order valence-electron chi connectivity index (χ1n) is 8.60. The molecule has 9 nitrogen and oxygen atoms in total. The van der Waals surface area contributed by atoms with Gasteiger partial charge in [-0.2, -0.15) is 0 Å². The second-order valence-corrected chi connectivity index (χ2v) is 6.38. The topological polar surface area (TPSA) is 142 Å². The maximum atomic E-state index is 12.0. The lowest BCUT2D eigenvalue weighted by Crippen LogP contribution is -2.19. The first-order chi connectivity index (χ1) is 13.5. The second-order valence-electron chi connectivity index (χ2n) is 6.38. The van der Waals surface area contributed by atoms with Gasteiger partial charge in [-0.3, -0.25) is 9.59 Å². The van der Waals surface area contributed by atoms with Crippen molar-refractivity contribution in [1.29, 1.82) is 0 Å². The average Bonchev–Trinajstić information content (AvgIpc) is 2.99. The number of carbonyl (C=O) groups excluding carboxylic acids is 2. The molecule has 0 atom stereocenters. The first-order valence-corrected chi connectivity index (χ1v) is 8.60. The minimum absolute atomic E-state index is 0.0148. The minimum Gasteiger partial charge on any atom is -0.493 e. The van der Waals surface area contributed by atoms with Gasteiger partial charge in [0.2, 0.25) is 11.8 Å². The number of aromatic hydroxyl groups is 1. The van der Waals surface area contributed by atoms with Crippen molar-refractivity contribution in [2.75, 3.05) is 17.7 Å². The van der Waals surface area contributed by atoms with Crippen molar-refractivity contribution in [2.45, 2.75) is 12.8 Å². The SMILES string of the molecule is Nc1ccc2[nH]c(O)c(N=NC(=O)COc3ccc4c(c3)CCC(=O)N4)c2c1. The van der Waals surface area contributed by atoms with Gasteiger partial charge in [-0.15, -0.1) is 10.2 Å². The van der Waals surface area contributed by atoms with E-state index in [9.17, 15) is 14.7 Å². The highest BCUT2D eigenvalue weighted by Crippen LogP contribution is 2.36. The number of ether oxygens (including phenoxy) is 1. The summed E-state index contributed by atoms with van der Waals surface area (Å²) >= 11 is 0. The molecule has 0 fully saturated rings. The number of nitrogens with zero attached hydrogens (tertiary/aromatic N) is 2. The number of nitrogen functional groups attached to an aromatic ring is 1. The van der Waals surface area contributed by atoms with Crippen LogP contribution in [0.5, 0.6) is 11.6 Å². The molecule has 1 aromatic heterocycles. The van der Waals surface area contributed by atoms with E-state index in [-0.39, 0.29) is 24.1 Å². The Hall–Kier alpha value is -3.88. The number of hydrogen-bond acceptors (Lipinski definition) is 6. The molecule has 142 valence electrons. The summed E-state index contributed by atoms with van der Waals surface area (Å²) in [5, 5.41) is 20.7. The highest BCUT2D eigenvalue weighted by atomic mass is 16.5. The molecule has 2 heterocycles. The van der Waals surface area contributed by atoms with Gasteiger partial charge in [-0.05, 0) is 48.4 Å². The summed E-state index contributed by atoms with van der Waals surface area (Å²) in [6.45, 7) is -0.306. The van der Waals surface area contributed by atoms with Crippen molar-refractivity contribution in [1.82, 2.24) is 4.98 Å². The number of hydrogen-bond donors (Lipinski definition) is 4. The highest BCUT2D eigenvalue weighted by Gasteiger charge is 2.15. The van der Waals surface area contributed by atoms with Crippen LogP contribution in [0.3, 0.4) is 0 Å². The van der Waals surface area contributed by atoms with Crippen LogP contribution in [0, 0.1) is 0 Å². The number of azo groups is 1. The number of fused-ring (bicyclic) bond motifs is 2. The lowest BCUT2D eigenvalue weighted by Gasteiger charge is -2.17. The molecule has 3 aromatic rings. The van der Waals surface area contributed by atoms with Crippen LogP contribution >= 0.6 is 0 Å². The van der Waals surface area contributed by atoms with Crippen LogP contribution < -0.4 is 15.8 Å². The standard InChI is InChI=1S/C19H17N5O4/c20-11-2-4-15-13(8-11)18(19(27)22-15)24-23-17(26)9-28-12-3-5-14-10(7-12)1-6-16(25)21-14/h2-5,7-8,22,27H,1,6,9,20H2,(H,21,25). The van der Waals surface area contributed by atoms with Crippen molar-refractivity contribution in [2.24, 2.45) is 10.2 Å². The molecule has 2 amide bonds. The molecule has 0 aliphatic carbocycles. The van der Waals surface area contributed by atoms with Gasteiger partial charge in [-0.25, -0.2) is 0 Å². The fourth-order valence-corrected chi connectivity index (χ4v) is 3.01. The number of amides is 2. The van der Waals surface area contributed by atoms with Crippen LogP contribution in [-0.2, 0) is 16.0 Å². The molecule has 5 N–H and O–H groups in total. The first kappa shape index (κ1) is 17.5. The summed E-state index contributed by atoms with van der Waals surface area (Å²) in [4.78, 5) is 26.1. The van der Waals surface area contributed by atoms with Crippen molar-refractivity contribution in [3.8, 4) is 11.6 Å². The van der Waals surface area contributed by atoms with Gasteiger partial charge >= 0.3 is 5.91 Å². The molecule has 1 aliphatic rings. The van der Waals surface area contributed by atoms with Crippen LogP contribution in [0.25, 0.3) is 10.9 Å². The lowest BCUT2D eigenvalue weighted by molar-refractivity contribution is -0.120. The maximum absolute atomic E-state index is 12.0. The summed E-state index contributed by atoms with van der Waals surface area (Å²) in [6.07, 6.45) is 1.04. The van der Waals surface area contributed by atoms with Gasteiger partial charge in [0.25, 0.3) is 0 Å². The number of H-pyrrole nitrogens is 1. The number of rotatable bonds is 4. The molecular formula is C19H17N5O4. The third kappa shape index (κ3) is 3.50. The molecule has 0 saturated carbocycles. The zero-order valence-corrected chi connectivity index (χ0v) is 14.7. The van der Waals surface area contributed by atoms with E-state index in [0.29, 0.717) is 35.2 Å². The Morgan fingerprint density at radius 2 is 2.07 bits per heavy atom. The number of aromatic nitrogens is 1. The normalized spacial score (nSPS) is 13.5. The predicted molar refractivity (Wildman–Crippen MR) is 103 cm³/mol. The van der Waals surface area contributed by atoms with E-state index in [1.165, 1.54) is 0 Å². The minimum atomic E-state index is -0.608. The van der Waals surface area contributed by atoms with Crippen LogP contribution in [-0.4, -0.2) is 28.5 Å². The van der Waals surface area contributed by atoms with E-state index in [1.54, 1.807) is 36.4 Å². The van der Waals surface area contributed by atoms with Gasteiger partial charge in [-0.1, -0.05) is 0 Å². The third-order valence-electron chi connectivity index (χ3n) is 4.37. The Bertz CT molecular complexity index is 1120. The molecule has 0 bridgehead atoms. The molecule has 0 spiro atoms. The van der Waals surface area contributed by atoms with E-state index < -0.39 is 5.91 Å². The number of anilines is 2. The zero-order valence-electron chi connectivity index (χ0n) is 14.7. The largest absolute Gasteiger partial charge is 0.493 e. The van der Waals surface area contributed by atoms with Crippen LogP contribution in [0.1, 0.15) is 12.0 Å². The van der Waals surface area contributed by atoms with E-state index in [2.05, 4.69) is 20.5 Å². The molecule has 0 saturated heterocycles. The summed E-state index contributed by atoms with van der Waals surface area (Å²) in [6, 6.07) is 10.2. The number of nitrogens with two attached hydrogens (primary N) is 1. The summed E-state index contributed by atoms with van der Waals surface area (Å²) in [5.74, 6) is -0.321. The Morgan fingerprint density at radius 1 is 1.21 bits per heavy atom. The number of nitrogens with one attached hydrogen (secondary N) is 2. The van der Waals surface area contributed by atoms with Gasteiger partial charge < -0.3 is 25.9 Å². The number of benzene rings is 2. The lowest BCUT2D eigenvalue weighted by atomic mass is 10.0. The van der Waals surface area contributed by atoms with Crippen LogP contribution in [0.4, 0.5) is 17.1 Å². The van der Waals surface area contributed by atoms with E-state index in [4.69, 9.17) is 10.5 Å². The molecule has 9 heteroatoms. The van der Waals surface area contributed by atoms with Crippen LogP contribution in [0.15, 0.2) is 46.6 Å². The van der Waals surface area contributed by atoms with Crippen molar-refractivity contribution in [3.63, 3.8) is 0 Å². The maximum Gasteiger partial charge on any atom is 0.302 e. The van der Waals surface area contributed by atoms with Gasteiger partial charge in [0.05, 0.1) is 5.52 Å². The Balaban J connectivity index is 1.43. The smallest absolute Gasteiger partial charge is 0.302 e. The Kier molecular flexibility index (Phi) is 4.40. The molecule has 0 radical (unpaired) electrons. The Morgan fingerprint density at radius 3 is 2.93 bits per heavy atom. The summed E-state index contributed by atoms with van der Waals surface area (Å²) in [5.41, 5.74) is 8.72. The molecule has 28 heavy (non-hydrogen) atoms. The molecule has 4 rings (SSSR count). The monoisotopic (exact) mass is 379 g/mol. The zero-order chi connectivity index (χ0) is 19.7. The highest BCUT2D eigenvalue weighted by molar-refractivity contribution is 5.96. The van der Waals surface area contributed by atoms with Crippen LogP contribution in [0.2, 0.25) is 0 Å². The van der Waals surface area contributed by atoms with E-state index in [0.717, 1.165) is 11.3 Å². The second kappa shape index (κ2) is 7.03. The molecular weight excluding hydrogens is 362 g/mol. The molecule has 1 aliphatic heterocycles. The fraction of sp³-hybridized carbons (Fsp3) is 0.158. The third-order valence-corrected chi connectivity index (χ3v) is 4.37. The molecule has 2 aromatic carbocycles. The summed E-state index contributed by atoms with van der Waals surface area (Å²) < 4.78 is 5.46. The van der Waals surface area contributed by atoms with Crippen molar-refractivity contribution < 1.29 is 19.4 Å². The van der Waals surface area contributed by atoms with Crippen molar-refractivity contribution in [3.05, 3.63) is 42.0 Å². The Labute approximate surface area is 159 Å². The van der Waals surface area contributed by atoms with Gasteiger partial charge in [0, 0.05) is 23.2 Å². The van der Waals surface area contributed by atoms with Crippen molar-refractivity contribution >= 4 is 39.8 Å². The summed E-state index contributed by atoms with van der Waals surface area (Å²) in [7, 11) is 0. The van der Waals surface area contributed by atoms with Gasteiger partial charge in [0.15, 0.2) is 12.3 Å². The van der Waals surface area contributed by atoms with Gasteiger partial charge in [0.1, 0.15) is 5.75 Å². The van der Waals surface area contributed by atoms with E-state index >= 15 is 0 Å². The average molecular weight is 379 g/mol.